The van der Waals surface area contributed by atoms with Crippen LogP contribution in [0.1, 0.15) is 30.0 Å². The van der Waals surface area contributed by atoms with Gasteiger partial charge in [0.1, 0.15) is 17.3 Å². The molecule has 0 aliphatic carbocycles. The quantitative estimate of drug-likeness (QED) is 0.874. The summed E-state index contributed by atoms with van der Waals surface area (Å²) >= 11 is 6.07. The molecule has 0 radical (unpaired) electrons. The summed E-state index contributed by atoms with van der Waals surface area (Å²) in [6.07, 6.45) is 1.66. The van der Waals surface area contributed by atoms with E-state index >= 15 is 0 Å². The summed E-state index contributed by atoms with van der Waals surface area (Å²) in [7, 11) is 3.60. The number of benzene rings is 1. The molecule has 2 rings (SSSR count). The highest BCUT2D eigenvalue weighted by Crippen LogP contribution is 2.28. The van der Waals surface area contributed by atoms with Gasteiger partial charge in [0.2, 0.25) is 0 Å². The van der Waals surface area contributed by atoms with Crippen LogP contribution in [-0.2, 0) is 12.8 Å². The van der Waals surface area contributed by atoms with E-state index in [-0.39, 0.29) is 6.04 Å². The third-order valence-corrected chi connectivity index (χ3v) is 3.62. The normalized spacial score (nSPS) is 12.4. The fourth-order valence-electron chi connectivity index (χ4n) is 2.24. The van der Waals surface area contributed by atoms with Crippen LogP contribution >= 0.6 is 11.6 Å². The maximum Gasteiger partial charge on any atom is 0.122 e. The lowest BCUT2D eigenvalue weighted by molar-refractivity contribution is 0.390. The Morgan fingerprint density at radius 2 is 2.10 bits per heavy atom. The number of halogens is 1. The predicted molar refractivity (Wildman–Crippen MR) is 81.6 cm³/mol. The molecule has 0 aliphatic rings. The highest BCUT2D eigenvalue weighted by Gasteiger charge is 2.16. The minimum Gasteiger partial charge on any atom is -0.496 e. The lowest BCUT2D eigenvalue weighted by atomic mass is 10.0. The Morgan fingerprint density at radius 3 is 2.70 bits per heavy atom. The molecule has 0 bridgehead atoms. The highest BCUT2D eigenvalue weighted by molar-refractivity contribution is 6.30. The molecule has 0 fully saturated rings. The standard InChI is InChI=1S/C16H20ClNO2/c1-4-13-6-8-16(20-13)14(18-2)10-11-9-12(17)5-7-15(11)19-3/h5-9,14,18H,4,10H2,1-3H3. The molecule has 1 aromatic carbocycles. The third kappa shape index (κ3) is 3.35. The molecular formula is C16H20ClNO2. The van der Waals surface area contributed by atoms with Gasteiger partial charge < -0.3 is 14.5 Å². The molecule has 1 atom stereocenters. The monoisotopic (exact) mass is 293 g/mol. The Bertz CT molecular complexity index is 565. The van der Waals surface area contributed by atoms with E-state index < -0.39 is 0 Å². The average molecular weight is 294 g/mol. The van der Waals surface area contributed by atoms with Crippen LogP contribution in [-0.4, -0.2) is 14.2 Å². The lowest BCUT2D eigenvalue weighted by Gasteiger charge is -2.16. The van der Waals surface area contributed by atoms with Crippen LogP contribution in [0.2, 0.25) is 5.02 Å². The summed E-state index contributed by atoms with van der Waals surface area (Å²) in [4.78, 5) is 0. The Labute approximate surface area is 124 Å². The van der Waals surface area contributed by atoms with Gasteiger partial charge >= 0.3 is 0 Å². The predicted octanol–water partition coefficient (Wildman–Crippen LogP) is 4.01. The number of aryl methyl sites for hydroxylation is 1. The summed E-state index contributed by atoms with van der Waals surface area (Å²) in [6, 6.07) is 9.81. The van der Waals surface area contributed by atoms with Crippen LogP contribution in [0, 0.1) is 0 Å². The van der Waals surface area contributed by atoms with Gasteiger partial charge in [-0.05, 0) is 49.4 Å². The Morgan fingerprint density at radius 1 is 1.30 bits per heavy atom. The van der Waals surface area contributed by atoms with Crippen molar-refractivity contribution in [2.24, 2.45) is 0 Å². The second-order valence-electron chi connectivity index (χ2n) is 4.66. The van der Waals surface area contributed by atoms with Crippen molar-refractivity contribution in [3.63, 3.8) is 0 Å². The summed E-state index contributed by atoms with van der Waals surface area (Å²) in [5.74, 6) is 2.78. The fourth-order valence-corrected chi connectivity index (χ4v) is 2.44. The number of methoxy groups -OCH3 is 1. The topological polar surface area (TPSA) is 34.4 Å². The van der Waals surface area contributed by atoms with E-state index in [0.717, 1.165) is 35.7 Å². The second kappa shape index (κ2) is 6.82. The molecule has 1 heterocycles. The first-order valence-corrected chi connectivity index (χ1v) is 7.14. The van der Waals surface area contributed by atoms with E-state index in [9.17, 15) is 0 Å². The molecule has 3 nitrogen and oxygen atoms in total. The van der Waals surface area contributed by atoms with Gasteiger partial charge in [0.25, 0.3) is 0 Å². The molecule has 0 saturated heterocycles. The first kappa shape index (κ1) is 14.9. The van der Waals surface area contributed by atoms with Crippen LogP contribution in [0.4, 0.5) is 0 Å². The van der Waals surface area contributed by atoms with Gasteiger partial charge in [-0.25, -0.2) is 0 Å². The number of furan rings is 1. The molecule has 108 valence electrons. The summed E-state index contributed by atoms with van der Waals surface area (Å²) in [5, 5.41) is 3.99. The molecule has 0 aliphatic heterocycles. The van der Waals surface area contributed by atoms with Crippen molar-refractivity contribution >= 4 is 11.6 Å². The molecule has 2 aromatic rings. The SMILES string of the molecule is CCc1ccc(C(Cc2cc(Cl)ccc2OC)NC)o1. The zero-order valence-corrected chi connectivity index (χ0v) is 12.8. The fraction of sp³-hybridized carbons (Fsp3) is 0.375. The maximum atomic E-state index is 6.07. The largest absolute Gasteiger partial charge is 0.496 e. The number of ether oxygens (including phenoxy) is 1. The molecule has 0 amide bonds. The van der Waals surface area contributed by atoms with Crippen LogP contribution in [0.5, 0.6) is 5.75 Å². The van der Waals surface area contributed by atoms with Gasteiger partial charge in [-0.2, -0.15) is 0 Å². The minimum absolute atomic E-state index is 0.0997. The van der Waals surface area contributed by atoms with Crippen molar-refractivity contribution in [3.8, 4) is 5.75 Å². The average Bonchev–Trinajstić information content (AvgIpc) is 2.93. The second-order valence-corrected chi connectivity index (χ2v) is 5.10. The van der Waals surface area contributed by atoms with E-state index in [1.165, 1.54) is 0 Å². The van der Waals surface area contributed by atoms with E-state index in [4.69, 9.17) is 20.8 Å². The van der Waals surface area contributed by atoms with Crippen LogP contribution in [0.15, 0.2) is 34.7 Å². The lowest BCUT2D eigenvalue weighted by Crippen LogP contribution is -2.18. The molecule has 0 spiro atoms. The summed E-state index contributed by atoms with van der Waals surface area (Å²) < 4.78 is 11.2. The number of rotatable bonds is 6. The number of nitrogens with one attached hydrogen (secondary N) is 1. The number of hydrogen-bond acceptors (Lipinski definition) is 3. The molecule has 1 aromatic heterocycles. The first-order chi connectivity index (χ1) is 9.67. The highest BCUT2D eigenvalue weighted by atomic mass is 35.5. The van der Waals surface area contributed by atoms with Crippen LogP contribution in [0.3, 0.4) is 0 Å². The van der Waals surface area contributed by atoms with E-state index in [1.807, 2.05) is 37.4 Å². The van der Waals surface area contributed by atoms with Crippen molar-refractivity contribution < 1.29 is 9.15 Å². The minimum atomic E-state index is 0.0997. The zero-order valence-electron chi connectivity index (χ0n) is 12.1. The molecule has 20 heavy (non-hydrogen) atoms. The smallest absolute Gasteiger partial charge is 0.122 e. The summed E-state index contributed by atoms with van der Waals surface area (Å²) in [6.45, 7) is 2.08. The van der Waals surface area contributed by atoms with E-state index in [1.54, 1.807) is 7.11 Å². The molecule has 0 saturated carbocycles. The van der Waals surface area contributed by atoms with Gasteiger partial charge in [-0.3, -0.25) is 0 Å². The van der Waals surface area contributed by atoms with Gasteiger partial charge in [-0.1, -0.05) is 18.5 Å². The van der Waals surface area contributed by atoms with Crippen molar-refractivity contribution in [2.45, 2.75) is 25.8 Å². The van der Waals surface area contributed by atoms with E-state index in [0.29, 0.717) is 5.02 Å². The van der Waals surface area contributed by atoms with Crippen molar-refractivity contribution in [2.75, 3.05) is 14.2 Å². The van der Waals surface area contributed by atoms with Crippen molar-refractivity contribution in [3.05, 3.63) is 52.4 Å². The zero-order chi connectivity index (χ0) is 14.5. The van der Waals surface area contributed by atoms with Gasteiger partial charge in [0, 0.05) is 11.4 Å². The Balaban J connectivity index is 2.23. The molecule has 1 N–H and O–H groups in total. The molecular weight excluding hydrogens is 274 g/mol. The maximum absolute atomic E-state index is 6.07. The number of hydrogen-bond donors (Lipinski definition) is 1. The van der Waals surface area contributed by atoms with Crippen LogP contribution < -0.4 is 10.1 Å². The van der Waals surface area contributed by atoms with E-state index in [2.05, 4.69) is 12.2 Å². The van der Waals surface area contributed by atoms with Crippen LogP contribution in [0.25, 0.3) is 0 Å². The van der Waals surface area contributed by atoms with Gasteiger partial charge in [0.05, 0.1) is 13.2 Å². The Kier molecular flexibility index (Phi) is 5.10. The third-order valence-electron chi connectivity index (χ3n) is 3.39. The molecule has 1 unspecified atom stereocenters. The summed E-state index contributed by atoms with van der Waals surface area (Å²) in [5.41, 5.74) is 1.06. The number of likely N-dealkylation sites (N-methyl/N-ethyl adjacent to an activating group) is 1. The molecule has 4 heteroatoms. The van der Waals surface area contributed by atoms with Crippen molar-refractivity contribution in [1.29, 1.82) is 0 Å². The first-order valence-electron chi connectivity index (χ1n) is 6.76. The van der Waals surface area contributed by atoms with Crippen molar-refractivity contribution in [1.82, 2.24) is 5.32 Å². The van der Waals surface area contributed by atoms with Gasteiger partial charge in [0.15, 0.2) is 0 Å². The Hall–Kier alpha value is -1.45. The van der Waals surface area contributed by atoms with Gasteiger partial charge in [-0.15, -0.1) is 0 Å².